The maximum Gasteiger partial charge on any atom is 0.200 e. The van der Waals surface area contributed by atoms with Gasteiger partial charge < -0.3 is 54.7 Å². The average Bonchev–Trinajstić information content (AvgIpc) is 3.72. The summed E-state index contributed by atoms with van der Waals surface area (Å²) in [5, 5.41) is 73.9. The van der Waals surface area contributed by atoms with Gasteiger partial charge in [0.05, 0.1) is 31.5 Å². The molecule has 0 radical (unpaired) electrons. The summed E-state index contributed by atoms with van der Waals surface area (Å²) in [6.45, 7) is 1.01. The van der Waals surface area contributed by atoms with Crippen LogP contribution in [0, 0.1) is 17.3 Å². The van der Waals surface area contributed by atoms with Gasteiger partial charge in [-0.05, 0) is 116 Å². The molecule has 13 heteroatoms. The lowest BCUT2D eigenvalue weighted by Crippen LogP contribution is -2.38. The van der Waals surface area contributed by atoms with Crippen molar-refractivity contribution in [1.82, 2.24) is 0 Å². The largest absolute Gasteiger partial charge is 0.504 e. The van der Waals surface area contributed by atoms with Crippen molar-refractivity contribution < 1.29 is 54.7 Å². The summed E-state index contributed by atoms with van der Waals surface area (Å²) in [6, 6.07) is 6.82. The standard InChI is InChI=1S/C38H56O11S2/c1-3-25-5-4-10-38(25)11-8-27(19-38)49-33-16-24-6-7-26(47-21-40)17-30(42)29(13-23-14-34(46-2)37(45)35(15-23)48-22-41)32(44)20-50-51-36(9-12-39)28(24)18-31(33)43/h14-16,18,25-27,29-30,32,36,39-45H,3-13,17,19-22H2,1-2H3/t25-,26+,27-,29+,30-,32-,36+,38+/m1/s1. The summed E-state index contributed by atoms with van der Waals surface area (Å²) in [4.78, 5) is 0. The van der Waals surface area contributed by atoms with Gasteiger partial charge in [0.1, 0.15) is 6.79 Å². The van der Waals surface area contributed by atoms with Crippen LogP contribution >= 0.6 is 21.6 Å². The van der Waals surface area contributed by atoms with Gasteiger partial charge >= 0.3 is 0 Å². The SMILES string of the molecule is CC[C@@H]1CCC[C@@]12CC[C@@H](Oc1cc3c(cc1O)[C@H](CCO)SSC[C@@H](O)[C@@H](Cc1cc(OC)c(O)c(OCO)c1)[C@H](O)C[C@@H](OCO)CC3)C2. The van der Waals surface area contributed by atoms with Gasteiger partial charge in [-0.25, -0.2) is 0 Å². The fourth-order valence-corrected chi connectivity index (χ4v) is 11.7. The van der Waals surface area contributed by atoms with Crippen LogP contribution in [0.25, 0.3) is 0 Å². The zero-order chi connectivity index (χ0) is 36.5. The molecule has 11 nitrogen and oxygen atoms in total. The van der Waals surface area contributed by atoms with Crippen LogP contribution in [0.3, 0.4) is 0 Å². The quantitative estimate of drug-likeness (QED) is 0.105. The number of benzene rings is 2. The van der Waals surface area contributed by atoms with E-state index >= 15 is 0 Å². The number of phenols is 2. The predicted molar refractivity (Wildman–Crippen MR) is 197 cm³/mol. The van der Waals surface area contributed by atoms with Gasteiger partial charge in [-0.1, -0.05) is 41.4 Å². The summed E-state index contributed by atoms with van der Waals surface area (Å²) < 4.78 is 22.8. The number of ether oxygens (including phenoxy) is 4. The Labute approximate surface area is 309 Å². The highest BCUT2D eigenvalue weighted by Gasteiger charge is 2.47. The molecule has 2 aromatic rings. The minimum Gasteiger partial charge on any atom is -0.504 e. The van der Waals surface area contributed by atoms with Crippen LogP contribution in [0.15, 0.2) is 24.3 Å². The van der Waals surface area contributed by atoms with Crippen molar-refractivity contribution in [1.29, 1.82) is 0 Å². The molecular weight excluding hydrogens is 697 g/mol. The first-order valence-electron chi connectivity index (χ1n) is 18.3. The maximum absolute atomic E-state index is 11.6. The molecule has 7 N–H and O–H groups in total. The molecule has 1 aliphatic heterocycles. The summed E-state index contributed by atoms with van der Waals surface area (Å²) in [5.74, 6) is 0.698. The van der Waals surface area contributed by atoms with Crippen LogP contribution in [-0.4, -0.2) is 93.2 Å². The molecule has 0 amide bonds. The Morgan fingerprint density at radius 3 is 2.43 bits per heavy atom. The number of phenolic OH excluding ortho intramolecular Hbond substituents is 2. The third kappa shape index (κ3) is 9.72. The Bertz CT molecular complexity index is 1410. The van der Waals surface area contributed by atoms with Crippen molar-refractivity contribution in [3.05, 3.63) is 41.0 Å². The van der Waals surface area contributed by atoms with Gasteiger partial charge in [-0.3, -0.25) is 0 Å². The van der Waals surface area contributed by atoms with E-state index in [9.17, 15) is 35.7 Å². The van der Waals surface area contributed by atoms with Crippen LogP contribution in [0.4, 0.5) is 0 Å². The monoisotopic (exact) mass is 752 g/mol. The molecule has 2 fully saturated rings. The topological polar surface area (TPSA) is 179 Å². The molecule has 2 aromatic carbocycles. The van der Waals surface area contributed by atoms with Crippen molar-refractivity contribution in [3.8, 4) is 28.7 Å². The van der Waals surface area contributed by atoms with Crippen molar-refractivity contribution in [3.63, 3.8) is 0 Å². The van der Waals surface area contributed by atoms with Crippen LogP contribution < -0.4 is 14.2 Å². The number of rotatable bonds is 12. The van der Waals surface area contributed by atoms with Crippen LogP contribution in [0.1, 0.15) is 93.1 Å². The van der Waals surface area contributed by atoms with Gasteiger partial charge in [-0.2, -0.15) is 0 Å². The number of fused-ring (bicyclic) bond motifs is 1. The molecule has 0 bridgehead atoms. The van der Waals surface area contributed by atoms with E-state index < -0.39 is 37.8 Å². The Balaban J connectivity index is 1.40. The maximum atomic E-state index is 11.6. The van der Waals surface area contributed by atoms with Gasteiger partial charge in [0, 0.05) is 23.5 Å². The predicted octanol–water partition coefficient (Wildman–Crippen LogP) is 5.62. The number of hydrogen-bond donors (Lipinski definition) is 7. The van der Waals surface area contributed by atoms with Gasteiger partial charge in [0.25, 0.3) is 0 Å². The first-order chi connectivity index (χ1) is 24.6. The highest BCUT2D eigenvalue weighted by Crippen LogP contribution is 2.56. The zero-order valence-corrected chi connectivity index (χ0v) is 31.4. The Morgan fingerprint density at radius 1 is 0.902 bits per heavy atom. The first kappa shape index (κ1) is 40.1. The number of hydrogen-bond acceptors (Lipinski definition) is 13. The van der Waals surface area contributed by atoms with E-state index in [-0.39, 0.29) is 59.6 Å². The van der Waals surface area contributed by atoms with E-state index in [1.807, 2.05) is 6.07 Å². The number of aryl methyl sites for hydroxylation is 1. The normalized spacial score (nSPS) is 30.3. The second kappa shape index (κ2) is 18.8. The Morgan fingerprint density at radius 2 is 1.71 bits per heavy atom. The third-order valence-electron chi connectivity index (χ3n) is 11.4. The molecule has 0 unspecified atom stereocenters. The highest BCUT2D eigenvalue weighted by atomic mass is 33.1. The summed E-state index contributed by atoms with van der Waals surface area (Å²) in [7, 11) is 4.33. The zero-order valence-electron chi connectivity index (χ0n) is 29.7. The molecule has 0 aromatic heterocycles. The smallest absolute Gasteiger partial charge is 0.200 e. The van der Waals surface area contributed by atoms with Gasteiger partial charge in [0.2, 0.25) is 5.75 Å². The number of aromatic hydroxyl groups is 2. The summed E-state index contributed by atoms with van der Waals surface area (Å²) in [5.41, 5.74) is 2.76. The minimum absolute atomic E-state index is 0.0132. The van der Waals surface area contributed by atoms with Crippen molar-refractivity contribution in [2.45, 2.75) is 114 Å². The number of aliphatic hydroxyl groups is 5. The Hall–Kier alpha value is -2.10. The lowest BCUT2D eigenvalue weighted by molar-refractivity contribution is -0.0808. The second-order valence-corrected chi connectivity index (χ2v) is 17.0. The molecule has 5 rings (SSSR count). The minimum atomic E-state index is -1.03. The fourth-order valence-electron chi connectivity index (χ4n) is 8.78. The van der Waals surface area contributed by atoms with Crippen molar-refractivity contribution in [2.24, 2.45) is 17.3 Å². The van der Waals surface area contributed by atoms with Gasteiger partial charge in [-0.15, -0.1) is 0 Å². The fraction of sp³-hybridized carbons (Fsp3) is 0.684. The first-order valence-corrected chi connectivity index (χ1v) is 20.7. The van der Waals surface area contributed by atoms with E-state index in [4.69, 9.17) is 18.9 Å². The summed E-state index contributed by atoms with van der Waals surface area (Å²) in [6.07, 6.45) is 7.26. The van der Waals surface area contributed by atoms with Crippen LogP contribution in [0.5, 0.6) is 28.7 Å². The number of methoxy groups -OCH3 is 1. The molecule has 2 saturated carbocycles. The van der Waals surface area contributed by atoms with Crippen LogP contribution in [0.2, 0.25) is 0 Å². The van der Waals surface area contributed by atoms with E-state index in [1.165, 1.54) is 54.4 Å². The van der Waals surface area contributed by atoms with E-state index in [2.05, 4.69) is 6.92 Å². The third-order valence-corrected chi connectivity index (χ3v) is 14.3. The lowest BCUT2D eigenvalue weighted by Gasteiger charge is -2.31. The lowest BCUT2D eigenvalue weighted by atomic mass is 9.75. The molecule has 51 heavy (non-hydrogen) atoms. The number of aliphatic hydroxyl groups excluding tert-OH is 5. The molecule has 3 aliphatic rings. The molecule has 2 aliphatic carbocycles. The average molecular weight is 753 g/mol. The molecule has 0 saturated heterocycles. The molecule has 286 valence electrons. The van der Waals surface area contributed by atoms with E-state index in [0.29, 0.717) is 36.0 Å². The molecule has 1 heterocycles. The van der Waals surface area contributed by atoms with E-state index in [0.717, 1.165) is 36.3 Å². The molecular formula is C38H56O11S2. The van der Waals surface area contributed by atoms with Crippen LogP contribution in [-0.2, 0) is 17.6 Å². The molecule has 8 atom stereocenters. The van der Waals surface area contributed by atoms with Crippen molar-refractivity contribution >= 4 is 21.6 Å². The second-order valence-electron chi connectivity index (χ2n) is 14.4. The van der Waals surface area contributed by atoms with E-state index in [1.54, 1.807) is 18.2 Å². The Kier molecular flexibility index (Phi) is 14.8. The van der Waals surface area contributed by atoms with Gasteiger partial charge in [0.15, 0.2) is 29.8 Å². The van der Waals surface area contributed by atoms with Crippen molar-refractivity contribution in [2.75, 3.05) is 33.1 Å². The summed E-state index contributed by atoms with van der Waals surface area (Å²) >= 11 is 0. The molecule has 1 spiro atoms. The highest BCUT2D eigenvalue weighted by molar-refractivity contribution is 8.76.